The summed E-state index contributed by atoms with van der Waals surface area (Å²) in [7, 11) is 0. The van der Waals surface area contributed by atoms with Crippen LogP contribution in [-0.4, -0.2) is 15.9 Å². The van der Waals surface area contributed by atoms with Gasteiger partial charge in [-0.1, -0.05) is 12.1 Å². The molecule has 0 aliphatic carbocycles. The number of aromatic nitrogens is 2. The Hall–Kier alpha value is -2.82. The van der Waals surface area contributed by atoms with Crippen LogP contribution in [0.15, 0.2) is 53.6 Å². The van der Waals surface area contributed by atoms with Crippen molar-refractivity contribution in [2.75, 3.05) is 0 Å². The summed E-state index contributed by atoms with van der Waals surface area (Å²) < 4.78 is 0. The maximum atomic E-state index is 12.0. The Bertz CT molecular complexity index is 803. The van der Waals surface area contributed by atoms with Crippen LogP contribution in [0.5, 0.6) is 0 Å². The van der Waals surface area contributed by atoms with Gasteiger partial charge in [-0.3, -0.25) is 9.59 Å². The van der Waals surface area contributed by atoms with E-state index in [1.54, 1.807) is 24.4 Å². The second-order valence-electron chi connectivity index (χ2n) is 4.49. The van der Waals surface area contributed by atoms with Gasteiger partial charge in [-0.2, -0.15) is 0 Å². The Labute approximate surface area is 114 Å². The van der Waals surface area contributed by atoms with Gasteiger partial charge in [0.1, 0.15) is 5.69 Å². The molecule has 1 aromatic carbocycles. The van der Waals surface area contributed by atoms with Crippen LogP contribution in [0.4, 0.5) is 0 Å². The average Bonchev–Trinajstić information content (AvgIpc) is 2.98. The highest BCUT2D eigenvalue weighted by Gasteiger charge is 2.09. The van der Waals surface area contributed by atoms with Gasteiger partial charge in [0.05, 0.1) is 0 Å². The van der Waals surface area contributed by atoms with E-state index in [-0.39, 0.29) is 17.0 Å². The minimum absolute atomic E-state index is 0.161. The first kappa shape index (κ1) is 12.2. The van der Waals surface area contributed by atoms with E-state index in [1.165, 1.54) is 6.07 Å². The summed E-state index contributed by atoms with van der Waals surface area (Å²) in [4.78, 5) is 29.9. The minimum atomic E-state index is -0.297. The standard InChI is InChI=1S/C15H13N3O2/c19-14-7-13(18-12-4-2-1-3-11(12)14)15(20)17-9-10-5-6-16-8-10/h1-8,16H,9H2,(H,17,20)(H,18,19). The molecule has 0 bridgehead atoms. The predicted molar refractivity (Wildman–Crippen MR) is 76.5 cm³/mol. The summed E-state index contributed by atoms with van der Waals surface area (Å²) in [5.74, 6) is -0.297. The molecule has 2 aromatic heterocycles. The van der Waals surface area contributed by atoms with Gasteiger partial charge in [0.15, 0.2) is 5.43 Å². The van der Waals surface area contributed by atoms with Crippen LogP contribution in [0.25, 0.3) is 10.9 Å². The van der Waals surface area contributed by atoms with Crippen LogP contribution in [0.2, 0.25) is 0 Å². The number of benzene rings is 1. The number of aromatic amines is 2. The molecule has 0 spiro atoms. The zero-order valence-electron chi connectivity index (χ0n) is 10.6. The molecule has 0 radical (unpaired) electrons. The van der Waals surface area contributed by atoms with Gasteiger partial charge in [0, 0.05) is 35.9 Å². The van der Waals surface area contributed by atoms with E-state index in [0.29, 0.717) is 17.4 Å². The van der Waals surface area contributed by atoms with Crippen LogP contribution in [-0.2, 0) is 6.54 Å². The number of carbonyl (C=O) groups excluding carboxylic acids is 1. The van der Waals surface area contributed by atoms with E-state index >= 15 is 0 Å². The third-order valence-electron chi connectivity index (χ3n) is 3.10. The molecule has 3 aromatic rings. The molecule has 0 aliphatic rings. The molecule has 5 heteroatoms. The van der Waals surface area contributed by atoms with Gasteiger partial charge in [-0.25, -0.2) is 0 Å². The predicted octanol–water partition coefficient (Wildman–Crippen LogP) is 1.79. The van der Waals surface area contributed by atoms with E-state index in [9.17, 15) is 9.59 Å². The van der Waals surface area contributed by atoms with Crippen molar-refractivity contribution in [3.05, 3.63) is 70.3 Å². The highest BCUT2D eigenvalue weighted by atomic mass is 16.2. The quantitative estimate of drug-likeness (QED) is 0.676. The minimum Gasteiger partial charge on any atom is -0.367 e. The monoisotopic (exact) mass is 267 g/mol. The van der Waals surface area contributed by atoms with E-state index in [1.807, 2.05) is 18.3 Å². The highest BCUT2D eigenvalue weighted by Crippen LogP contribution is 2.07. The van der Waals surface area contributed by atoms with Gasteiger partial charge >= 0.3 is 0 Å². The number of hydrogen-bond acceptors (Lipinski definition) is 2. The van der Waals surface area contributed by atoms with Crippen molar-refractivity contribution in [3.8, 4) is 0 Å². The van der Waals surface area contributed by atoms with Crippen molar-refractivity contribution < 1.29 is 4.79 Å². The van der Waals surface area contributed by atoms with Crippen LogP contribution >= 0.6 is 0 Å². The molecule has 0 saturated heterocycles. The normalized spacial score (nSPS) is 10.6. The molecule has 20 heavy (non-hydrogen) atoms. The Kier molecular flexibility index (Phi) is 3.09. The summed E-state index contributed by atoms with van der Waals surface area (Å²) in [6.07, 6.45) is 3.60. The smallest absolute Gasteiger partial charge is 0.268 e. The Morgan fingerprint density at radius 1 is 1.20 bits per heavy atom. The molecule has 0 saturated carbocycles. The number of hydrogen-bond donors (Lipinski definition) is 3. The van der Waals surface area contributed by atoms with Crippen molar-refractivity contribution in [2.24, 2.45) is 0 Å². The first-order chi connectivity index (χ1) is 9.74. The Balaban J connectivity index is 1.86. The van der Waals surface area contributed by atoms with Crippen molar-refractivity contribution in [1.29, 1.82) is 0 Å². The lowest BCUT2D eigenvalue weighted by Crippen LogP contribution is -2.25. The van der Waals surface area contributed by atoms with Gasteiger partial charge in [-0.05, 0) is 23.8 Å². The second kappa shape index (κ2) is 5.05. The van der Waals surface area contributed by atoms with Gasteiger partial charge in [-0.15, -0.1) is 0 Å². The average molecular weight is 267 g/mol. The number of H-pyrrole nitrogens is 2. The largest absolute Gasteiger partial charge is 0.367 e. The van der Waals surface area contributed by atoms with Crippen molar-refractivity contribution in [1.82, 2.24) is 15.3 Å². The number of carbonyl (C=O) groups is 1. The molecule has 0 atom stereocenters. The molecular formula is C15H13N3O2. The highest BCUT2D eigenvalue weighted by molar-refractivity contribution is 5.94. The van der Waals surface area contributed by atoms with Crippen molar-refractivity contribution in [3.63, 3.8) is 0 Å². The van der Waals surface area contributed by atoms with Crippen molar-refractivity contribution in [2.45, 2.75) is 6.54 Å². The van der Waals surface area contributed by atoms with Crippen LogP contribution in [0.1, 0.15) is 16.1 Å². The molecule has 3 rings (SSSR count). The second-order valence-corrected chi connectivity index (χ2v) is 4.49. The number of amides is 1. The zero-order valence-corrected chi connectivity index (χ0v) is 10.6. The number of rotatable bonds is 3. The molecule has 5 nitrogen and oxygen atoms in total. The van der Waals surface area contributed by atoms with E-state index in [0.717, 1.165) is 5.56 Å². The van der Waals surface area contributed by atoms with Gasteiger partial charge < -0.3 is 15.3 Å². The summed E-state index contributed by atoms with van der Waals surface area (Å²) in [6, 6.07) is 10.3. The number of nitrogens with one attached hydrogen (secondary N) is 3. The summed E-state index contributed by atoms with van der Waals surface area (Å²) in [5.41, 5.74) is 1.74. The van der Waals surface area contributed by atoms with Crippen LogP contribution in [0, 0.1) is 0 Å². The molecule has 1 amide bonds. The first-order valence-electron chi connectivity index (χ1n) is 6.26. The molecule has 0 unspecified atom stereocenters. The number of pyridine rings is 1. The van der Waals surface area contributed by atoms with Gasteiger partial charge in [0.25, 0.3) is 5.91 Å². The lowest BCUT2D eigenvalue weighted by atomic mass is 10.2. The molecular weight excluding hydrogens is 254 g/mol. The number of fused-ring (bicyclic) bond motifs is 1. The fourth-order valence-electron chi connectivity index (χ4n) is 2.07. The van der Waals surface area contributed by atoms with Crippen LogP contribution in [0.3, 0.4) is 0 Å². The number of para-hydroxylation sites is 1. The Morgan fingerprint density at radius 3 is 2.85 bits per heavy atom. The molecule has 2 heterocycles. The fraction of sp³-hybridized carbons (Fsp3) is 0.0667. The van der Waals surface area contributed by atoms with E-state index in [2.05, 4.69) is 15.3 Å². The first-order valence-corrected chi connectivity index (χ1v) is 6.26. The van der Waals surface area contributed by atoms with Crippen LogP contribution < -0.4 is 10.7 Å². The molecule has 100 valence electrons. The molecule has 3 N–H and O–H groups in total. The lowest BCUT2D eigenvalue weighted by molar-refractivity contribution is 0.0946. The Morgan fingerprint density at radius 2 is 2.05 bits per heavy atom. The SMILES string of the molecule is O=C(NCc1cc[nH]c1)c1cc(=O)c2ccccc2[nH]1. The maximum Gasteiger partial charge on any atom is 0.268 e. The summed E-state index contributed by atoms with van der Waals surface area (Å²) in [5, 5.41) is 3.34. The fourth-order valence-corrected chi connectivity index (χ4v) is 2.07. The summed E-state index contributed by atoms with van der Waals surface area (Å²) >= 11 is 0. The third-order valence-corrected chi connectivity index (χ3v) is 3.10. The van der Waals surface area contributed by atoms with Crippen molar-refractivity contribution >= 4 is 16.8 Å². The molecule has 0 fully saturated rings. The maximum absolute atomic E-state index is 12.0. The van der Waals surface area contributed by atoms with E-state index < -0.39 is 0 Å². The molecule has 0 aliphatic heterocycles. The van der Waals surface area contributed by atoms with E-state index in [4.69, 9.17) is 0 Å². The third kappa shape index (κ3) is 2.33. The summed E-state index contributed by atoms with van der Waals surface area (Å²) in [6.45, 7) is 0.414. The zero-order chi connectivity index (χ0) is 13.9. The van der Waals surface area contributed by atoms with Gasteiger partial charge in [0.2, 0.25) is 0 Å². The topological polar surface area (TPSA) is 77.8 Å². The lowest BCUT2D eigenvalue weighted by Gasteiger charge is -2.05.